The van der Waals surface area contributed by atoms with Gasteiger partial charge in [-0.2, -0.15) is 0 Å². The Labute approximate surface area is 169 Å². The topological polar surface area (TPSA) is 67.4 Å². The maximum atomic E-state index is 14.5. The first-order valence-corrected chi connectivity index (χ1v) is 10.1. The third-order valence-corrected chi connectivity index (χ3v) is 6.16. The van der Waals surface area contributed by atoms with E-state index in [2.05, 4.69) is 16.7 Å². The van der Waals surface area contributed by atoms with Crippen LogP contribution in [0.15, 0.2) is 36.4 Å². The molecule has 0 radical (unpaired) electrons. The normalized spacial score (nSPS) is 17.4. The number of carbonyl (C=O) groups is 2. The summed E-state index contributed by atoms with van der Waals surface area (Å²) in [7, 11) is 1.64. The average Bonchev–Trinajstić information content (AvgIpc) is 3.22. The van der Waals surface area contributed by atoms with E-state index in [4.69, 9.17) is 4.74 Å². The van der Waals surface area contributed by atoms with Gasteiger partial charge >= 0.3 is 0 Å². The molecular weight excluding hydrogens is 371 g/mol. The van der Waals surface area contributed by atoms with Crippen LogP contribution in [-0.2, 0) is 16.6 Å². The molecule has 1 aliphatic carbocycles. The lowest BCUT2D eigenvalue weighted by Gasteiger charge is -2.30. The van der Waals surface area contributed by atoms with Crippen LogP contribution in [0.25, 0.3) is 0 Å². The van der Waals surface area contributed by atoms with Gasteiger partial charge in [0.1, 0.15) is 11.6 Å². The number of anilines is 1. The number of nitrogens with one attached hydrogen (secondary N) is 2. The van der Waals surface area contributed by atoms with Crippen molar-refractivity contribution in [2.24, 2.45) is 0 Å². The van der Waals surface area contributed by atoms with Gasteiger partial charge < -0.3 is 15.4 Å². The summed E-state index contributed by atoms with van der Waals surface area (Å²) >= 11 is 0. The summed E-state index contributed by atoms with van der Waals surface area (Å²) in [5.41, 5.74) is 2.25. The number of hydrogen-bond acceptors (Lipinski definition) is 3. The van der Waals surface area contributed by atoms with Gasteiger partial charge in [0.2, 0.25) is 5.91 Å². The van der Waals surface area contributed by atoms with E-state index in [9.17, 15) is 14.0 Å². The van der Waals surface area contributed by atoms with E-state index < -0.39 is 11.7 Å². The van der Waals surface area contributed by atoms with Gasteiger partial charge in [0.15, 0.2) is 0 Å². The Morgan fingerprint density at radius 3 is 2.76 bits per heavy atom. The molecule has 0 bridgehead atoms. The molecule has 0 atom stereocenters. The van der Waals surface area contributed by atoms with Crippen LogP contribution in [0.3, 0.4) is 0 Å². The molecule has 4 rings (SSSR count). The van der Waals surface area contributed by atoms with Crippen LogP contribution in [0.1, 0.15) is 53.6 Å². The van der Waals surface area contributed by atoms with Gasteiger partial charge in [-0.15, -0.1) is 0 Å². The Bertz CT molecular complexity index is 951. The molecule has 0 saturated heterocycles. The summed E-state index contributed by atoms with van der Waals surface area (Å²) < 4.78 is 19.9. The van der Waals surface area contributed by atoms with Crippen molar-refractivity contribution < 1.29 is 18.7 Å². The summed E-state index contributed by atoms with van der Waals surface area (Å²) in [5, 5.41) is 5.63. The second-order valence-corrected chi connectivity index (χ2v) is 7.94. The van der Waals surface area contributed by atoms with Crippen molar-refractivity contribution in [3.63, 3.8) is 0 Å². The highest BCUT2D eigenvalue weighted by Gasteiger charge is 2.36. The first-order chi connectivity index (χ1) is 14.0. The molecule has 0 unspecified atom stereocenters. The molecule has 1 aliphatic heterocycles. The number of hydrogen-bond donors (Lipinski definition) is 2. The number of methoxy groups -OCH3 is 1. The zero-order valence-electron chi connectivity index (χ0n) is 16.5. The van der Waals surface area contributed by atoms with Crippen molar-refractivity contribution in [3.05, 3.63) is 58.9 Å². The summed E-state index contributed by atoms with van der Waals surface area (Å²) in [6, 6.07) is 10.8. The molecule has 2 aromatic rings. The predicted octanol–water partition coefficient (Wildman–Crippen LogP) is 3.96. The van der Waals surface area contributed by atoms with Crippen LogP contribution >= 0.6 is 0 Å². The highest BCUT2D eigenvalue weighted by Crippen LogP contribution is 2.41. The minimum Gasteiger partial charge on any atom is -0.497 e. The van der Waals surface area contributed by atoms with E-state index in [1.54, 1.807) is 13.2 Å². The SMILES string of the molecule is COc1cccc(C2(CNC(=O)c3cc4c(cc3F)NC(=O)CC4)CCCC2)c1. The third-order valence-electron chi connectivity index (χ3n) is 6.16. The van der Waals surface area contributed by atoms with Crippen molar-refractivity contribution in [3.8, 4) is 5.75 Å². The molecule has 2 N–H and O–H groups in total. The molecule has 29 heavy (non-hydrogen) atoms. The fraction of sp³-hybridized carbons (Fsp3) is 0.391. The molecule has 0 aromatic heterocycles. The number of aryl methyl sites for hydroxylation is 1. The molecule has 2 amide bonds. The second kappa shape index (κ2) is 7.85. The van der Waals surface area contributed by atoms with Gasteiger partial charge in [0.25, 0.3) is 5.91 Å². The fourth-order valence-corrected chi connectivity index (χ4v) is 4.49. The Morgan fingerprint density at radius 2 is 2.00 bits per heavy atom. The van der Waals surface area contributed by atoms with E-state index in [0.717, 1.165) is 42.6 Å². The summed E-state index contributed by atoms with van der Waals surface area (Å²) in [6.45, 7) is 0.451. The quantitative estimate of drug-likeness (QED) is 0.804. The zero-order valence-corrected chi connectivity index (χ0v) is 16.5. The van der Waals surface area contributed by atoms with Crippen LogP contribution < -0.4 is 15.4 Å². The van der Waals surface area contributed by atoms with Crippen LogP contribution in [-0.4, -0.2) is 25.5 Å². The van der Waals surface area contributed by atoms with Crippen molar-refractivity contribution >= 4 is 17.5 Å². The second-order valence-electron chi connectivity index (χ2n) is 7.94. The zero-order chi connectivity index (χ0) is 20.4. The lowest BCUT2D eigenvalue weighted by atomic mass is 9.78. The number of benzene rings is 2. The molecule has 1 fully saturated rings. The monoisotopic (exact) mass is 396 g/mol. The smallest absolute Gasteiger partial charge is 0.254 e. The van der Waals surface area contributed by atoms with Crippen molar-refractivity contribution in [2.45, 2.75) is 43.9 Å². The Hall–Kier alpha value is -2.89. The largest absolute Gasteiger partial charge is 0.497 e. The van der Waals surface area contributed by atoms with E-state index in [1.165, 1.54) is 6.07 Å². The van der Waals surface area contributed by atoms with Gasteiger partial charge in [-0.3, -0.25) is 9.59 Å². The van der Waals surface area contributed by atoms with Gasteiger partial charge in [-0.05, 0) is 54.7 Å². The van der Waals surface area contributed by atoms with Crippen LogP contribution in [0.4, 0.5) is 10.1 Å². The Balaban J connectivity index is 1.54. The van der Waals surface area contributed by atoms with Gasteiger partial charge in [0.05, 0.1) is 12.7 Å². The minimum absolute atomic E-state index is 0.0266. The highest BCUT2D eigenvalue weighted by molar-refractivity contribution is 5.98. The molecule has 1 saturated carbocycles. The van der Waals surface area contributed by atoms with E-state index in [1.807, 2.05) is 18.2 Å². The molecule has 0 spiro atoms. The van der Waals surface area contributed by atoms with Crippen LogP contribution in [0.5, 0.6) is 5.75 Å². The maximum Gasteiger partial charge on any atom is 0.254 e. The maximum absolute atomic E-state index is 14.5. The van der Waals surface area contributed by atoms with E-state index >= 15 is 0 Å². The first-order valence-electron chi connectivity index (χ1n) is 10.1. The van der Waals surface area contributed by atoms with Gasteiger partial charge in [-0.1, -0.05) is 25.0 Å². The molecule has 6 heteroatoms. The highest BCUT2D eigenvalue weighted by atomic mass is 19.1. The third kappa shape index (κ3) is 3.84. The lowest BCUT2D eigenvalue weighted by molar-refractivity contribution is -0.116. The standard InChI is InChI=1S/C23H25FN2O3/c1-29-17-6-4-5-16(12-17)23(9-2-3-10-23)14-25-22(28)18-11-15-7-8-21(27)26-20(15)13-19(18)24/h4-6,11-13H,2-3,7-10,14H2,1H3,(H,25,28)(H,26,27). The van der Waals surface area contributed by atoms with E-state index in [-0.39, 0.29) is 16.9 Å². The van der Waals surface area contributed by atoms with Crippen LogP contribution in [0, 0.1) is 5.82 Å². The molecule has 2 aliphatic rings. The van der Waals surface area contributed by atoms with Gasteiger partial charge in [0, 0.05) is 24.1 Å². The van der Waals surface area contributed by atoms with E-state index in [0.29, 0.717) is 25.1 Å². The predicted molar refractivity (Wildman–Crippen MR) is 109 cm³/mol. The Morgan fingerprint density at radius 1 is 1.21 bits per heavy atom. The van der Waals surface area contributed by atoms with Crippen molar-refractivity contribution in [1.29, 1.82) is 0 Å². The Kier molecular flexibility index (Phi) is 5.26. The number of carbonyl (C=O) groups excluding carboxylic acids is 2. The molecule has 5 nitrogen and oxygen atoms in total. The molecule has 1 heterocycles. The first kappa shape index (κ1) is 19.4. The van der Waals surface area contributed by atoms with Crippen LogP contribution in [0.2, 0.25) is 0 Å². The number of rotatable bonds is 5. The van der Waals surface area contributed by atoms with Crippen molar-refractivity contribution in [1.82, 2.24) is 5.32 Å². The fourth-order valence-electron chi connectivity index (χ4n) is 4.49. The molecule has 2 aromatic carbocycles. The van der Waals surface area contributed by atoms with Crippen molar-refractivity contribution in [2.75, 3.05) is 19.0 Å². The lowest BCUT2D eigenvalue weighted by Crippen LogP contribution is -2.39. The molecule has 152 valence electrons. The summed E-state index contributed by atoms with van der Waals surface area (Å²) in [6.07, 6.45) is 4.99. The summed E-state index contributed by atoms with van der Waals surface area (Å²) in [5.74, 6) is -0.375. The summed E-state index contributed by atoms with van der Waals surface area (Å²) in [4.78, 5) is 24.3. The average molecular weight is 396 g/mol. The molecular formula is C23H25FN2O3. The number of ether oxygens (including phenoxy) is 1. The minimum atomic E-state index is -0.620. The number of halogens is 1. The van der Waals surface area contributed by atoms with Gasteiger partial charge in [-0.25, -0.2) is 4.39 Å². The number of amides is 2. The number of fused-ring (bicyclic) bond motifs is 1.